The Morgan fingerprint density at radius 2 is 1.67 bits per heavy atom. The lowest BCUT2D eigenvalue weighted by Crippen LogP contribution is -2.46. The third kappa shape index (κ3) is 10.6. The van der Waals surface area contributed by atoms with Gasteiger partial charge in [-0.25, -0.2) is 0 Å². The first-order chi connectivity index (χ1) is 12.8. The van der Waals surface area contributed by atoms with E-state index in [1.807, 2.05) is 18.8 Å². The van der Waals surface area contributed by atoms with Crippen molar-refractivity contribution >= 4 is 41.7 Å². The van der Waals surface area contributed by atoms with E-state index in [9.17, 15) is 0 Å². The minimum atomic E-state index is 0. The van der Waals surface area contributed by atoms with Crippen LogP contribution >= 0.6 is 35.7 Å². The first-order valence-corrected chi connectivity index (χ1v) is 11.1. The molecular formula is C20H36IN5S. The van der Waals surface area contributed by atoms with Crippen LogP contribution in [0.5, 0.6) is 0 Å². The number of nitrogens with zero attached hydrogens (tertiary/aromatic N) is 3. The number of benzene rings is 1. The molecule has 1 heterocycles. The fourth-order valence-electron chi connectivity index (χ4n) is 3.17. The van der Waals surface area contributed by atoms with Crippen molar-refractivity contribution in [3.05, 3.63) is 35.9 Å². The average Bonchev–Trinajstić information content (AvgIpc) is 2.68. The van der Waals surface area contributed by atoms with E-state index in [1.165, 1.54) is 51.1 Å². The van der Waals surface area contributed by atoms with E-state index in [4.69, 9.17) is 0 Å². The van der Waals surface area contributed by atoms with E-state index in [0.29, 0.717) is 0 Å². The SMILES string of the molecule is CN=C(NCCCCN1CCN(Cc2ccccc2)CC1)NCCSC.I. The van der Waals surface area contributed by atoms with Crippen LogP contribution in [0.25, 0.3) is 0 Å². The summed E-state index contributed by atoms with van der Waals surface area (Å²) in [7, 11) is 1.84. The van der Waals surface area contributed by atoms with Crippen molar-refractivity contribution in [2.24, 2.45) is 4.99 Å². The van der Waals surface area contributed by atoms with Crippen molar-refractivity contribution in [3.8, 4) is 0 Å². The maximum atomic E-state index is 4.26. The molecular weight excluding hydrogens is 469 g/mol. The van der Waals surface area contributed by atoms with Crippen LogP contribution in [-0.4, -0.2) is 80.6 Å². The van der Waals surface area contributed by atoms with E-state index in [0.717, 1.165) is 31.3 Å². The van der Waals surface area contributed by atoms with Gasteiger partial charge >= 0.3 is 0 Å². The molecule has 1 fully saturated rings. The van der Waals surface area contributed by atoms with Gasteiger partial charge in [-0.15, -0.1) is 24.0 Å². The van der Waals surface area contributed by atoms with Gasteiger partial charge in [-0.05, 0) is 31.2 Å². The normalized spacial score (nSPS) is 16.0. The maximum absolute atomic E-state index is 4.26. The Hall–Kier alpha value is -0.510. The molecule has 1 aliphatic rings. The maximum Gasteiger partial charge on any atom is 0.191 e. The van der Waals surface area contributed by atoms with Crippen molar-refractivity contribution < 1.29 is 0 Å². The lowest BCUT2D eigenvalue weighted by Gasteiger charge is -2.34. The molecule has 0 unspecified atom stereocenters. The zero-order chi connectivity index (χ0) is 18.5. The number of rotatable bonds is 10. The van der Waals surface area contributed by atoms with Gasteiger partial charge in [0.25, 0.3) is 0 Å². The summed E-state index contributed by atoms with van der Waals surface area (Å²) >= 11 is 1.85. The number of nitrogens with one attached hydrogen (secondary N) is 2. The minimum absolute atomic E-state index is 0. The predicted molar refractivity (Wildman–Crippen MR) is 131 cm³/mol. The molecule has 0 atom stereocenters. The van der Waals surface area contributed by atoms with Gasteiger partial charge in [0.2, 0.25) is 0 Å². The van der Waals surface area contributed by atoms with E-state index in [1.54, 1.807) is 0 Å². The Labute approximate surface area is 186 Å². The molecule has 0 aliphatic carbocycles. The number of aliphatic imine (C=N–C) groups is 1. The Kier molecular flexibility index (Phi) is 14.0. The number of halogens is 1. The highest BCUT2D eigenvalue weighted by Crippen LogP contribution is 2.08. The molecule has 0 aromatic heterocycles. The quantitative estimate of drug-likeness (QED) is 0.222. The van der Waals surface area contributed by atoms with Gasteiger partial charge in [-0.1, -0.05) is 30.3 Å². The van der Waals surface area contributed by atoms with Gasteiger partial charge in [0.05, 0.1) is 0 Å². The number of thioether (sulfide) groups is 1. The van der Waals surface area contributed by atoms with Crippen molar-refractivity contribution in [2.75, 3.05) is 64.9 Å². The smallest absolute Gasteiger partial charge is 0.191 e. The molecule has 154 valence electrons. The molecule has 1 aliphatic heterocycles. The van der Waals surface area contributed by atoms with Crippen LogP contribution in [0.2, 0.25) is 0 Å². The molecule has 7 heteroatoms. The third-order valence-electron chi connectivity index (χ3n) is 4.73. The lowest BCUT2D eigenvalue weighted by molar-refractivity contribution is 0.126. The summed E-state index contributed by atoms with van der Waals surface area (Å²) in [5, 5.41) is 6.74. The average molecular weight is 506 g/mol. The van der Waals surface area contributed by atoms with Gasteiger partial charge < -0.3 is 15.5 Å². The van der Waals surface area contributed by atoms with Crippen molar-refractivity contribution in [1.29, 1.82) is 0 Å². The number of hydrogen-bond donors (Lipinski definition) is 2. The van der Waals surface area contributed by atoms with E-state index in [-0.39, 0.29) is 24.0 Å². The molecule has 27 heavy (non-hydrogen) atoms. The summed E-state index contributed by atoms with van der Waals surface area (Å²) in [4.78, 5) is 9.43. The number of guanidine groups is 1. The van der Waals surface area contributed by atoms with Crippen molar-refractivity contribution in [3.63, 3.8) is 0 Å². The van der Waals surface area contributed by atoms with Crippen LogP contribution in [0.15, 0.2) is 35.3 Å². The summed E-state index contributed by atoms with van der Waals surface area (Å²) in [5.41, 5.74) is 1.42. The Morgan fingerprint density at radius 3 is 2.33 bits per heavy atom. The van der Waals surface area contributed by atoms with Crippen LogP contribution in [0.3, 0.4) is 0 Å². The molecule has 0 bridgehead atoms. The van der Waals surface area contributed by atoms with Gasteiger partial charge in [0, 0.05) is 58.6 Å². The molecule has 1 aromatic rings. The zero-order valence-corrected chi connectivity index (χ0v) is 20.0. The first kappa shape index (κ1) is 24.5. The minimum Gasteiger partial charge on any atom is -0.356 e. The molecule has 0 saturated carbocycles. The summed E-state index contributed by atoms with van der Waals surface area (Å²) in [6, 6.07) is 10.8. The van der Waals surface area contributed by atoms with Gasteiger partial charge in [0.1, 0.15) is 0 Å². The van der Waals surface area contributed by atoms with Crippen LogP contribution in [-0.2, 0) is 6.54 Å². The Balaban J connectivity index is 0.00000364. The fourth-order valence-corrected chi connectivity index (χ4v) is 3.48. The molecule has 2 N–H and O–H groups in total. The number of unbranched alkanes of at least 4 members (excludes halogenated alkanes) is 1. The van der Waals surface area contributed by atoms with Gasteiger partial charge in [0.15, 0.2) is 5.96 Å². The second-order valence-corrected chi connectivity index (χ2v) is 7.71. The van der Waals surface area contributed by atoms with Gasteiger partial charge in [-0.2, -0.15) is 11.8 Å². The van der Waals surface area contributed by atoms with E-state index >= 15 is 0 Å². The molecule has 1 saturated heterocycles. The second kappa shape index (κ2) is 15.4. The van der Waals surface area contributed by atoms with Crippen molar-refractivity contribution in [1.82, 2.24) is 20.4 Å². The van der Waals surface area contributed by atoms with Crippen molar-refractivity contribution in [2.45, 2.75) is 19.4 Å². The van der Waals surface area contributed by atoms with Crippen LogP contribution in [0, 0.1) is 0 Å². The molecule has 0 spiro atoms. The summed E-state index contributed by atoms with van der Waals surface area (Å²) in [6.45, 7) is 9.00. The van der Waals surface area contributed by atoms with Crippen LogP contribution in [0.1, 0.15) is 18.4 Å². The number of hydrogen-bond acceptors (Lipinski definition) is 4. The highest BCUT2D eigenvalue weighted by atomic mass is 127. The first-order valence-electron chi connectivity index (χ1n) is 9.74. The Morgan fingerprint density at radius 1 is 1.00 bits per heavy atom. The molecule has 0 radical (unpaired) electrons. The predicted octanol–water partition coefficient (Wildman–Crippen LogP) is 2.73. The lowest BCUT2D eigenvalue weighted by atomic mass is 10.2. The highest BCUT2D eigenvalue weighted by Gasteiger charge is 2.16. The van der Waals surface area contributed by atoms with Gasteiger partial charge in [-0.3, -0.25) is 9.89 Å². The Bertz CT molecular complexity index is 506. The largest absolute Gasteiger partial charge is 0.356 e. The third-order valence-corrected chi connectivity index (χ3v) is 5.34. The molecule has 1 aromatic carbocycles. The van der Waals surface area contributed by atoms with E-state index in [2.05, 4.69) is 62.0 Å². The van der Waals surface area contributed by atoms with E-state index < -0.39 is 0 Å². The second-order valence-electron chi connectivity index (χ2n) is 6.73. The monoisotopic (exact) mass is 505 g/mol. The molecule has 5 nitrogen and oxygen atoms in total. The standard InChI is InChI=1S/C20H35N5S.HI/c1-21-20(23-11-17-26-2)22-10-6-7-12-24-13-15-25(16-14-24)18-19-8-4-3-5-9-19;/h3-5,8-9H,6-7,10-18H2,1-2H3,(H2,21,22,23);1H. The van der Waals surface area contributed by atoms with Crippen LogP contribution in [0.4, 0.5) is 0 Å². The summed E-state index contributed by atoms with van der Waals surface area (Å²) in [5.74, 6) is 2.03. The number of piperazine rings is 1. The fraction of sp³-hybridized carbons (Fsp3) is 0.650. The molecule has 2 rings (SSSR count). The zero-order valence-electron chi connectivity index (χ0n) is 16.8. The summed E-state index contributed by atoms with van der Waals surface area (Å²) in [6.07, 6.45) is 4.56. The topological polar surface area (TPSA) is 42.9 Å². The molecule has 0 amide bonds. The highest BCUT2D eigenvalue weighted by molar-refractivity contribution is 14.0. The summed E-state index contributed by atoms with van der Waals surface area (Å²) < 4.78 is 0. The van der Waals surface area contributed by atoms with Crippen LogP contribution < -0.4 is 10.6 Å².